The van der Waals surface area contributed by atoms with E-state index in [1.807, 2.05) is 55.5 Å². The average molecular weight is 382 g/mol. The van der Waals surface area contributed by atoms with Crippen molar-refractivity contribution in [3.8, 4) is 0 Å². The van der Waals surface area contributed by atoms with Crippen LogP contribution in [0.2, 0.25) is 0 Å². The van der Waals surface area contributed by atoms with Gasteiger partial charge in [-0.2, -0.15) is 0 Å². The highest BCUT2D eigenvalue weighted by atomic mass is 79.9. The van der Waals surface area contributed by atoms with Crippen molar-refractivity contribution >= 4 is 39.0 Å². The SMILES string of the molecule is Cc1cc(NC(=O)c2ccc(Nc3ccccc3)nc2)ccc1Br. The normalized spacial score (nSPS) is 10.2. The zero-order valence-corrected chi connectivity index (χ0v) is 14.7. The van der Waals surface area contributed by atoms with Crippen LogP contribution in [0.5, 0.6) is 0 Å². The number of nitrogens with zero attached hydrogens (tertiary/aromatic N) is 1. The molecule has 0 fully saturated rings. The van der Waals surface area contributed by atoms with Gasteiger partial charge in [-0.25, -0.2) is 4.98 Å². The Bertz CT molecular complexity index is 848. The highest BCUT2D eigenvalue weighted by molar-refractivity contribution is 9.10. The number of aryl methyl sites for hydroxylation is 1. The minimum Gasteiger partial charge on any atom is -0.340 e. The Morgan fingerprint density at radius 1 is 1.00 bits per heavy atom. The highest BCUT2D eigenvalue weighted by Crippen LogP contribution is 2.20. The predicted octanol–water partition coefficient (Wildman–Crippen LogP) is 5.15. The van der Waals surface area contributed by atoms with E-state index in [1.54, 1.807) is 18.3 Å². The zero-order valence-electron chi connectivity index (χ0n) is 13.1. The van der Waals surface area contributed by atoms with Gasteiger partial charge in [0, 0.05) is 22.0 Å². The van der Waals surface area contributed by atoms with Crippen molar-refractivity contribution in [2.45, 2.75) is 6.92 Å². The van der Waals surface area contributed by atoms with Gasteiger partial charge in [-0.05, 0) is 55.0 Å². The standard InChI is InChI=1S/C19H16BrN3O/c1-13-11-16(8-9-17(13)20)23-19(24)14-7-10-18(21-12-14)22-15-5-3-2-4-6-15/h2-12H,1H3,(H,21,22)(H,23,24). The maximum absolute atomic E-state index is 12.3. The van der Waals surface area contributed by atoms with Crippen molar-refractivity contribution in [1.29, 1.82) is 0 Å². The molecular weight excluding hydrogens is 366 g/mol. The number of halogens is 1. The van der Waals surface area contributed by atoms with Crippen LogP contribution in [0.1, 0.15) is 15.9 Å². The summed E-state index contributed by atoms with van der Waals surface area (Å²) < 4.78 is 1.01. The van der Waals surface area contributed by atoms with Gasteiger partial charge in [0.2, 0.25) is 0 Å². The minimum absolute atomic E-state index is 0.185. The van der Waals surface area contributed by atoms with Gasteiger partial charge in [0.05, 0.1) is 5.56 Å². The second-order valence-electron chi connectivity index (χ2n) is 5.34. The van der Waals surface area contributed by atoms with E-state index in [0.717, 1.165) is 21.4 Å². The Morgan fingerprint density at radius 3 is 2.46 bits per heavy atom. The molecule has 2 N–H and O–H groups in total. The van der Waals surface area contributed by atoms with E-state index < -0.39 is 0 Å². The van der Waals surface area contributed by atoms with Crippen molar-refractivity contribution in [2.24, 2.45) is 0 Å². The summed E-state index contributed by atoms with van der Waals surface area (Å²) in [5.74, 6) is 0.507. The molecule has 0 saturated carbocycles. The summed E-state index contributed by atoms with van der Waals surface area (Å²) >= 11 is 3.45. The summed E-state index contributed by atoms with van der Waals surface area (Å²) in [5.41, 5.74) is 3.28. The van der Waals surface area contributed by atoms with Crippen LogP contribution in [0.4, 0.5) is 17.2 Å². The number of pyridine rings is 1. The van der Waals surface area contributed by atoms with Gasteiger partial charge >= 0.3 is 0 Å². The number of anilines is 3. The molecule has 3 rings (SSSR count). The summed E-state index contributed by atoms with van der Waals surface area (Å²) in [4.78, 5) is 16.6. The molecule has 0 bridgehead atoms. The minimum atomic E-state index is -0.185. The summed E-state index contributed by atoms with van der Waals surface area (Å²) in [5, 5.41) is 6.06. The molecule has 1 heterocycles. The Labute approximate surface area is 149 Å². The van der Waals surface area contributed by atoms with Gasteiger partial charge in [-0.3, -0.25) is 4.79 Å². The number of hydrogen-bond donors (Lipinski definition) is 2. The average Bonchev–Trinajstić information content (AvgIpc) is 2.60. The third-order valence-electron chi connectivity index (χ3n) is 3.49. The molecule has 0 radical (unpaired) electrons. The summed E-state index contributed by atoms with van der Waals surface area (Å²) in [6.07, 6.45) is 1.56. The van der Waals surface area contributed by atoms with E-state index in [0.29, 0.717) is 11.4 Å². The molecular formula is C19H16BrN3O. The zero-order chi connectivity index (χ0) is 16.9. The van der Waals surface area contributed by atoms with E-state index >= 15 is 0 Å². The number of hydrogen-bond acceptors (Lipinski definition) is 3. The van der Waals surface area contributed by atoms with Crippen LogP contribution < -0.4 is 10.6 Å². The fourth-order valence-corrected chi connectivity index (χ4v) is 2.44. The molecule has 4 nitrogen and oxygen atoms in total. The molecule has 0 aliphatic rings. The van der Waals surface area contributed by atoms with Crippen molar-refractivity contribution < 1.29 is 4.79 Å². The Kier molecular flexibility index (Phi) is 4.91. The fraction of sp³-hybridized carbons (Fsp3) is 0.0526. The second-order valence-corrected chi connectivity index (χ2v) is 6.20. The fourth-order valence-electron chi connectivity index (χ4n) is 2.20. The molecule has 24 heavy (non-hydrogen) atoms. The molecule has 5 heteroatoms. The Hall–Kier alpha value is -2.66. The van der Waals surface area contributed by atoms with Crippen molar-refractivity contribution in [3.05, 3.63) is 82.5 Å². The van der Waals surface area contributed by atoms with E-state index in [4.69, 9.17) is 0 Å². The lowest BCUT2D eigenvalue weighted by atomic mass is 10.2. The van der Waals surface area contributed by atoms with Crippen LogP contribution in [-0.2, 0) is 0 Å². The molecule has 0 unspecified atom stereocenters. The number of aromatic nitrogens is 1. The summed E-state index contributed by atoms with van der Waals surface area (Å²) in [6, 6.07) is 19.0. The smallest absolute Gasteiger partial charge is 0.257 e. The van der Waals surface area contributed by atoms with Gasteiger partial charge in [0.25, 0.3) is 5.91 Å². The maximum Gasteiger partial charge on any atom is 0.257 e. The second kappa shape index (κ2) is 7.27. The first-order valence-electron chi connectivity index (χ1n) is 7.47. The summed E-state index contributed by atoms with van der Waals surface area (Å²) in [6.45, 7) is 1.98. The molecule has 2 aromatic carbocycles. The Balaban J connectivity index is 1.68. The molecule has 0 aliphatic heterocycles. The first kappa shape index (κ1) is 16.2. The molecule has 0 spiro atoms. The molecule has 1 amide bonds. The van der Waals surface area contributed by atoms with Crippen LogP contribution >= 0.6 is 15.9 Å². The molecule has 3 aromatic rings. The van der Waals surface area contributed by atoms with Crippen LogP contribution in [0.25, 0.3) is 0 Å². The van der Waals surface area contributed by atoms with Crippen molar-refractivity contribution in [1.82, 2.24) is 4.98 Å². The maximum atomic E-state index is 12.3. The number of benzene rings is 2. The lowest BCUT2D eigenvalue weighted by molar-refractivity contribution is 0.102. The monoisotopic (exact) mass is 381 g/mol. The van der Waals surface area contributed by atoms with E-state index in [-0.39, 0.29) is 5.91 Å². The number of nitrogens with one attached hydrogen (secondary N) is 2. The summed E-state index contributed by atoms with van der Waals surface area (Å²) in [7, 11) is 0. The van der Waals surface area contributed by atoms with Crippen LogP contribution in [0, 0.1) is 6.92 Å². The lowest BCUT2D eigenvalue weighted by Gasteiger charge is -2.08. The molecule has 120 valence electrons. The first-order chi connectivity index (χ1) is 11.6. The number of amides is 1. The van der Waals surface area contributed by atoms with Gasteiger partial charge in [0.15, 0.2) is 0 Å². The van der Waals surface area contributed by atoms with Crippen molar-refractivity contribution in [2.75, 3.05) is 10.6 Å². The van der Waals surface area contributed by atoms with Crippen LogP contribution in [0.3, 0.4) is 0 Å². The molecule has 0 atom stereocenters. The lowest BCUT2D eigenvalue weighted by Crippen LogP contribution is -2.12. The largest absolute Gasteiger partial charge is 0.340 e. The van der Waals surface area contributed by atoms with Gasteiger partial charge in [-0.1, -0.05) is 34.1 Å². The number of rotatable bonds is 4. The molecule has 0 aliphatic carbocycles. The number of carbonyl (C=O) groups is 1. The third-order valence-corrected chi connectivity index (χ3v) is 4.38. The van der Waals surface area contributed by atoms with E-state index in [1.165, 1.54) is 0 Å². The third kappa shape index (κ3) is 4.00. The quantitative estimate of drug-likeness (QED) is 0.656. The van der Waals surface area contributed by atoms with E-state index in [9.17, 15) is 4.79 Å². The predicted molar refractivity (Wildman–Crippen MR) is 101 cm³/mol. The van der Waals surface area contributed by atoms with Gasteiger partial charge in [0.1, 0.15) is 5.82 Å². The van der Waals surface area contributed by atoms with Gasteiger partial charge in [-0.15, -0.1) is 0 Å². The topological polar surface area (TPSA) is 54.0 Å². The van der Waals surface area contributed by atoms with Crippen LogP contribution in [0.15, 0.2) is 71.3 Å². The van der Waals surface area contributed by atoms with Crippen LogP contribution in [-0.4, -0.2) is 10.9 Å². The number of para-hydroxylation sites is 1. The Morgan fingerprint density at radius 2 is 1.79 bits per heavy atom. The highest BCUT2D eigenvalue weighted by Gasteiger charge is 2.08. The molecule has 0 saturated heterocycles. The molecule has 1 aromatic heterocycles. The van der Waals surface area contributed by atoms with E-state index in [2.05, 4.69) is 31.5 Å². The van der Waals surface area contributed by atoms with Crippen molar-refractivity contribution in [3.63, 3.8) is 0 Å². The van der Waals surface area contributed by atoms with Gasteiger partial charge < -0.3 is 10.6 Å². The first-order valence-corrected chi connectivity index (χ1v) is 8.27. The number of carbonyl (C=O) groups excluding carboxylic acids is 1.